The lowest BCUT2D eigenvalue weighted by Crippen LogP contribution is -2.15. The van der Waals surface area contributed by atoms with Crippen molar-refractivity contribution in [3.8, 4) is 0 Å². The van der Waals surface area contributed by atoms with Crippen LogP contribution in [0.3, 0.4) is 0 Å². The molecule has 0 unspecified atom stereocenters. The van der Waals surface area contributed by atoms with Crippen molar-refractivity contribution in [3.05, 3.63) is 16.3 Å². The second-order valence-corrected chi connectivity index (χ2v) is 6.46. The summed E-state index contributed by atoms with van der Waals surface area (Å²) in [6, 6.07) is 0. The molecule has 0 saturated carbocycles. The Morgan fingerprint density at radius 3 is 2.95 bits per heavy atom. The van der Waals surface area contributed by atoms with Crippen LogP contribution in [0.15, 0.2) is 0 Å². The number of nitrogens with one attached hydrogen (secondary N) is 1. The summed E-state index contributed by atoms with van der Waals surface area (Å²) in [7, 11) is 1.39. The number of rotatable bonds is 4. The van der Waals surface area contributed by atoms with Gasteiger partial charge < -0.3 is 14.8 Å². The predicted octanol–water partition coefficient (Wildman–Crippen LogP) is 2.54. The fraction of sp³-hybridized carbons (Fsp3) is 0.533. The summed E-state index contributed by atoms with van der Waals surface area (Å²) in [6.45, 7) is 6.20. The molecule has 0 bridgehead atoms. The molecule has 2 aromatic heterocycles. The first-order valence-electron chi connectivity index (χ1n) is 7.27. The van der Waals surface area contributed by atoms with Crippen molar-refractivity contribution >= 4 is 33.3 Å². The Morgan fingerprint density at radius 2 is 2.27 bits per heavy atom. The normalized spacial score (nSPS) is 17.9. The lowest BCUT2D eigenvalue weighted by atomic mass is 10.1. The van der Waals surface area contributed by atoms with E-state index in [1.165, 1.54) is 18.4 Å². The number of nitrogens with zero attached hydrogens (tertiary/aromatic N) is 2. The molecule has 0 spiro atoms. The van der Waals surface area contributed by atoms with E-state index in [1.54, 1.807) is 0 Å². The number of hydrogen-bond acceptors (Lipinski definition) is 7. The molecular formula is C15H19N3O3S. The maximum Gasteiger partial charge on any atom is 0.348 e. The van der Waals surface area contributed by atoms with Crippen molar-refractivity contribution in [2.24, 2.45) is 5.92 Å². The molecule has 1 N–H and O–H groups in total. The van der Waals surface area contributed by atoms with E-state index in [0.29, 0.717) is 16.6 Å². The molecule has 0 aliphatic carbocycles. The van der Waals surface area contributed by atoms with Crippen LogP contribution in [0, 0.1) is 19.8 Å². The van der Waals surface area contributed by atoms with E-state index in [9.17, 15) is 4.79 Å². The number of anilines is 1. The van der Waals surface area contributed by atoms with Gasteiger partial charge in [0.15, 0.2) is 0 Å². The lowest BCUT2D eigenvalue weighted by Gasteiger charge is -2.11. The zero-order valence-electron chi connectivity index (χ0n) is 12.9. The third-order valence-electron chi connectivity index (χ3n) is 3.85. The Labute approximate surface area is 132 Å². The highest BCUT2D eigenvalue weighted by Gasteiger charge is 2.21. The topological polar surface area (TPSA) is 73.3 Å². The van der Waals surface area contributed by atoms with Gasteiger partial charge in [-0.05, 0) is 25.8 Å². The largest absolute Gasteiger partial charge is 0.465 e. The van der Waals surface area contributed by atoms with Gasteiger partial charge in [-0.25, -0.2) is 14.8 Å². The average Bonchev–Trinajstić information content (AvgIpc) is 3.12. The molecule has 1 atom stereocenters. The van der Waals surface area contributed by atoms with Gasteiger partial charge in [0, 0.05) is 19.1 Å². The summed E-state index contributed by atoms with van der Waals surface area (Å²) in [5.41, 5.74) is 0.872. The summed E-state index contributed by atoms with van der Waals surface area (Å²) in [6.07, 6.45) is 1.07. The molecule has 3 rings (SSSR count). The van der Waals surface area contributed by atoms with Crippen LogP contribution in [-0.2, 0) is 9.47 Å². The van der Waals surface area contributed by atoms with Gasteiger partial charge in [0.05, 0.1) is 19.1 Å². The summed E-state index contributed by atoms with van der Waals surface area (Å²) >= 11 is 1.35. The maximum absolute atomic E-state index is 11.9. The van der Waals surface area contributed by atoms with Crippen LogP contribution in [0.1, 0.15) is 27.5 Å². The number of methoxy groups -OCH3 is 1. The molecule has 2 aromatic rings. The van der Waals surface area contributed by atoms with Gasteiger partial charge in [-0.3, -0.25) is 0 Å². The predicted molar refractivity (Wildman–Crippen MR) is 85.6 cm³/mol. The van der Waals surface area contributed by atoms with Crippen molar-refractivity contribution in [3.63, 3.8) is 0 Å². The molecule has 6 nitrogen and oxygen atoms in total. The quantitative estimate of drug-likeness (QED) is 0.873. The van der Waals surface area contributed by atoms with Gasteiger partial charge >= 0.3 is 5.97 Å². The van der Waals surface area contributed by atoms with Gasteiger partial charge in [0.1, 0.15) is 21.3 Å². The van der Waals surface area contributed by atoms with E-state index in [-0.39, 0.29) is 5.97 Å². The minimum atomic E-state index is -0.326. The van der Waals surface area contributed by atoms with Crippen LogP contribution in [0.2, 0.25) is 0 Å². The number of carbonyl (C=O) groups is 1. The highest BCUT2D eigenvalue weighted by atomic mass is 32.1. The monoisotopic (exact) mass is 321 g/mol. The summed E-state index contributed by atoms with van der Waals surface area (Å²) in [4.78, 5) is 22.2. The number of fused-ring (bicyclic) bond motifs is 1. The van der Waals surface area contributed by atoms with Gasteiger partial charge in [-0.15, -0.1) is 11.3 Å². The molecule has 118 valence electrons. The van der Waals surface area contributed by atoms with E-state index < -0.39 is 0 Å². The molecule has 0 aromatic carbocycles. The van der Waals surface area contributed by atoms with Crippen LogP contribution < -0.4 is 5.32 Å². The minimum absolute atomic E-state index is 0.326. The van der Waals surface area contributed by atoms with E-state index in [2.05, 4.69) is 15.3 Å². The molecule has 0 radical (unpaired) electrons. The fourth-order valence-corrected chi connectivity index (χ4v) is 3.79. The van der Waals surface area contributed by atoms with Crippen LogP contribution >= 0.6 is 11.3 Å². The molecular weight excluding hydrogens is 302 g/mol. The van der Waals surface area contributed by atoms with Gasteiger partial charge in [0.25, 0.3) is 0 Å². The lowest BCUT2D eigenvalue weighted by molar-refractivity contribution is 0.0605. The van der Waals surface area contributed by atoms with E-state index >= 15 is 0 Å². The Balaban J connectivity index is 1.97. The number of aryl methyl sites for hydroxylation is 2. The van der Waals surface area contributed by atoms with Crippen LogP contribution in [0.4, 0.5) is 5.82 Å². The molecule has 22 heavy (non-hydrogen) atoms. The van der Waals surface area contributed by atoms with Gasteiger partial charge in [-0.1, -0.05) is 0 Å². The third-order valence-corrected chi connectivity index (χ3v) is 5.02. The first-order chi connectivity index (χ1) is 10.6. The number of ether oxygens (including phenoxy) is 2. The van der Waals surface area contributed by atoms with Crippen LogP contribution in [0.25, 0.3) is 10.2 Å². The average molecular weight is 321 g/mol. The Morgan fingerprint density at radius 1 is 1.45 bits per heavy atom. The zero-order chi connectivity index (χ0) is 15.7. The highest BCUT2D eigenvalue weighted by Crippen LogP contribution is 2.34. The molecule has 1 fully saturated rings. The second-order valence-electron chi connectivity index (χ2n) is 5.46. The molecule has 1 saturated heterocycles. The number of aromatic nitrogens is 2. The number of thiophene rings is 1. The van der Waals surface area contributed by atoms with Crippen molar-refractivity contribution in [1.29, 1.82) is 0 Å². The second kappa shape index (κ2) is 6.18. The van der Waals surface area contributed by atoms with Crippen molar-refractivity contribution in [1.82, 2.24) is 9.97 Å². The van der Waals surface area contributed by atoms with Crippen LogP contribution in [0.5, 0.6) is 0 Å². The SMILES string of the molecule is COC(=O)c1sc2nc(C)nc(NC[C@H]3CCOC3)c2c1C. The van der Waals surface area contributed by atoms with E-state index in [4.69, 9.17) is 9.47 Å². The molecule has 1 aliphatic rings. The number of hydrogen-bond donors (Lipinski definition) is 1. The standard InChI is InChI=1S/C15H19N3O3S/c1-8-11-13(16-6-10-4-5-21-7-10)17-9(2)18-14(11)22-12(8)15(19)20-3/h10H,4-7H2,1-3H3,(H,16,17,18)/t10-/m1/s1. The Hall–Kier alpha value is -1.73. The Bertz CT molecular complexity index is 708. The maximum atomic E-state index is 11.9. The van der Waals surface area contributed by atoms with Crippen LogP contribution in [-0.4, -0.2) is 42.8 Å². The van der Waals surface area contributed by atoms with Crippen molar-refractivity contribution in [2.75, 3.05) is 32.2 Å². The van der Waals surface area contributed by atoms with Gasteiger partial charge in [-0.2, -0.15) is 0 Å². The fourth-order valence-electron chi connectivity index (χ4n) is 2.65. The smallest absolute Gasteiger partial charge is 0.348 e. The number of carbonyl (C=O) groups excluding carboxylic acids is 1. The van der Waals surface area contributed by atoms with E-state index in [1.807, 2.05) is 13.8 Å². The summed E-state index contributed by atoms with van der Waals surface area (Å²) in [5.74, 6) is 1.66. The van der Waals surface area contributed by atoms with Crippen molar-refractivity contribution < 1.29 is 14.3 Å². The first-order valence-corrected chi connectivity index (χ1v) is 8.09. The molecule has 3 heterocycles. The number of esters is 1. The third kappa shape index (κ3) is 2.78. The summed E-state index contributed by atoms with van der Waals surface area (Å²) < 4.78 is 10.2. The first kappa shape index (κ1) is 15.2. The highest BCUT2D eigenvalue weighted by molar-refractivity contribution is 7.20. The summed E-state index contributed by atoms with van der Waals surface area (Å²) in [5, 5.41) is 4.32. The minimum Gasteiger partial charge on any atom is -0.465 e. The molecule has 1 aliphatic heterocycles. The van der Waals surface area contributed by atoms with Gasteiger partial charge in [0.2, 0.25) is 0 Å². The Kier molecular flexibility index (Phi) is 4.26. The van der Waals surface area contributed by atoms with Crippen molar-refractivity contribution in [2.45, 2.75) is 20.3 Å². The molecule has 7 heteroatoms. The van der Waals surface area contributed by atoms with E-state index in [0.717, 1.165) is 47.8 Å². The molecule has 0 amide bonds. The zero-order valence-corrected chi connectivity index (χ0v) is 13.7.